The highest BCUT2D eigenvalue weighted by Crippen LogP contribution is 2.32. The number of aliphatic carboxylic acids is 1. The predicted molar refractivity (Wildman–Crippen MR) is 131 cm³/mol. The SMILES string of the molecule is COCc1cc(-c2nc(-c3ccc(C(=O)N(C)CC(=O)O)c(F)c3)no2)ccc1-c1ccccc1C. The standard InChI is InChI=1S/C27H24FN3O5/c1-16-6-4-5-7-20(16)21-10-9-18(12-19(21)15-35-3)26-29-25(30-36-26)17-8-11-22(23(28)13-17)27(34)31(2)14-24(32)33/h4-13H,14-15H2,1-3H3,(H,32,33). The summed E-state index contributed by atoms with van der Waals surface area (Å²) in [5.74, 6) is -2.35. The van der Waals surface area contributed by atoms with Crippen LogP contribution >= 0.6 is 0 Å². The van der Waals surface area contributed by atoms with Crippen molar-refractivity contribution < 1.29 is 28.3 Å². The molecule has 1 aromatic heterocycles. The van der Waals surface area contributed by atoms with Gasteiger partial charge in [-0.25, -0.2) is 4.39 Å². The number of likely N-dealkylation sites (N-methyl/N-ethyl adjacent to an activating group) is 1. The van der Waals surface area contributed by atoms with Crippen molar-refractivity contribution in [1.29, 1.82) is 0 Å². The van der Waals surface area contributed by atoms with Crippen molar-refractivity contribution in [2.24, 2.45) is 0 Å². The summed E-state index contributed by atoms with van der Waals surface area (Å²) in [6.07, 6.45) is 0. The second-order valence-corrected chi connectivity index (χ2v) is 8.29. The molecule has 1 amide bonds. The number of benzene rings is 3. The minimum absolute atomic E-state index is 0.151. The molecule has 0 radical (unpaired) electrons. The quantitative estimate of drug-likeness (QED) is 0.378. The van der Waals surface area contributed by atoms with Gasteiger partial charge in [0.1, 0.15) is 12.4 Å². The van der Waals surface area contributed by atoms with Gasteiger partial charge in [0.2, 0.25) is 5.82 Å². The van der Waals surface area contributed by atoms with Crippen LogP contribution in [0.15, 0.2) is 65.2 Å². The van der Waals surface area contributed by atoms with Crippen molar-refractivity contribution in [3.05, 3.63) is 83.2 Å². The van der Waals surface area contributed by atoms with Crippen molar-refractivity contribution >= 4 is 11.9 Å². The van der Waals surface area contributed by atoms with Crippen LogP contribution in [0.2, 0.25) is 0 Å². The number of halogens is 1. The molecule has 8 nitrogen and oxygen atoms in total. The average Bonchev–Trinajstić information content (AvgIpc) is 3.34. The Morgan fingerprint density at radius 2 is 1.81 bits per heavy atom. The first-order valence-electron chi connectivity index (χ1n) is 11.1. The summed E-state index contributed by atoms with van der Waals surface area (Å²) in [6, 6.07) is 17.7. The maximum atomic E-state index is 14.7. The van der Waals surface area contributed by atoms with Gasteiger partial charge in [-0.3, -0.25) is 9.59 Å². The van der Waals surface area contributed by atoms with Gasteiger partial charge in [-0.1, -0.05) is 41.6 Å². The normalized spacial score (nSPS) is 10.9. The van der Waals surface area contributed by atoms with E-state index in [2.05, 4.69) is 16.2 Å². The molecule has 0 aliphatic heterocycles. The number of carbonyl (C=O) groups is 2. The number of amides is 1. The third kappa shape index (κ3) is 5.16. The summed E-state index contributed by atoms with van der Waals surface area (Å²) in [4.78, 5) is 28.5. The molecule has 0 spiro atoms. The minimum atomic E-state index is -1.19. The Bertz CT molecular complexity index is 1430. The van der Waals surface area contributed by atoms with Crippen LogP contribution in [0.3, 0.4) is 0 Å². The molecule has 0 unspecified atom stereocenters. The molecule has 0 saturated heterocycles. The highest BCUT2D eigenvalue weighted by molar-refractivity contribution is 5.96. The summed E-state index contributed by atoms with van der Waals surface area (Å²) < 4.78 is 25.5. The van der Waals surface area contributed by atoms with Crippen LogP contribution in [0.4, 0.5) is 4.39 Å². The molecule has 1 heterocycles. The number of carboxylic acid groups (broad SMARTS) is 1. The van der Waals surface area contributed by atoms with Crippen LogP contribution in [-0.2, 0) is 16.1 Å². The lowest BCUT2D eigenvalue weighted by molar-refractivity contribution is -0.137. The van der Waals surface area contributed by atoms with Gasteiger partial charge >= 0.3 is 5.97 Å². The van der Waals surface area contributed by atoms with Crippen LogP contribution in [0.5, 0.6) is 0 Å². The second-order valence-electron chi connectivity index (χ2n) is 8.29. The Labute approximate surface area is 206 Å². The van der Waals surface area contributed by atoms with Crippen molar-refractivity contribution in [3.63, 3.8) is 0 Å². The number of aromatic nitrogens is 2. The molecule has 9 heteroatoms. The Kier molecular flexibility index (Phi) is 7.21. The number of carbonyl (C=O) groups excluding carboxylic acids is 1. The maximum Gasteiger partial charge on any atom is 0.323 e. The molecule has 0 fully saturated rings. The summed E-state index contributed by atoms with van der Waals surface area (Å²) in [5.41, 5.74) is 4.97. The molecule has 184 valence electrons. The number of ether oxygens (including phenoxy) is 1. The number of aryl methyl sites for hydroxylation is 1. The summed E-state index contributed by atoms with van der Waals surface area (Å²) in [6.45, 7) is 1.89. The fourth-order valence-corrected chi connectivity index (χ4v) is 3.91. The van der Waals surface area contributed by atoms with E-state index in [4.69, 9.17) is 14.4 Å². The monoisotopic (exact) mass is 489 g/mol. The molecule has 0 saturated carbocycles. The highest BCUT2D eigenvalue weighted by Gasteiger charge is 2.20. The van der Waals surface area contributed by atoms with E-state index in [1.54, 1.807) is 7.11 Å². The van der Waals surface area contributed by atoms with Crippen LogP contribution in [0.1, 0.15) is 21.5 Å². The molecular formula is C27H24FN3O5. The number of carboxylic acids is 1. The zero-order valence-corrected chi connectivity index (χ0v) is 20.0. The molecule has 0 bridgehead atoms. The van der Waals surface area contributed by atoms with E-state index in [0.717, 1.165) is 33.2 Å². The first kappa shape index (κ1) is 24.7. The van der Waals surface area contributed by atoms with E-state index in [0.29, 0.717) is 17.7 Å². The molecule has 4 aromatic rings. The Hall–Kier alpha value is -4.37. The largest absolute Gasteiger partial charge is 0.480 e. The van der Waals surface area contributed by atoms with Gasteiger partial charge in [0.15, 0.2) is 0 Å². The van der Waals surface area contributed by atoms with Crippen LogP contribution in [0, 0.1) is 12.7 Å². The van der Waals surface area contributed by atoms with E-state index < -0.39 is 24.2 Å². The van der Waals surface area contributed by atoms with Gasteiger partial charge in [0, 0.05) is 25.3 Å². The number of hydrogen-bond acceptors (Lipinski definition) is 6. The minimum Gasteiger partial charge on any atom is -0.480 e. The molecule has 0 aliphatic carbocycles. The molecule has 4 rings (SSSR count). The number of hydrogen-bond donors (Lipinski definition) is 1. The molecular weight excluding hydrogens is 465 g/mol. The van der Waals surface area contributed by atoms with Crippen molar-refractivity contribution in [2.45, 2.75) is 13.5 Å². The highest BCUT2D eigenvalue weighted by atomic mass is 19.1. The molecule has 36 heavy (non-hydrogen) atoms. The summed E-state index contributed by atoms with van der Waals surface area (Å²) in [5, 5.41) is 12.8. The number of nitrogens with zero attached hydrogens (tertiary/aromatic N) is 3. The van der Waals surface area contributed by atoms with Gasteiger partial charge in [0.05, 0.1) is 12.2 Å². The van der Waals surface area contributed by atoms with Gasteiger partial charge in [-0.2, -0.15) is 4.98 Å². The van der Waals surface area contributed by atoms with Gasteiger partial charge < -0.3 is 19.3 Å². The first-order chi connectivity index (χ1) is 17.3. The molecule has 0 aliphatic rings. The predicted octanol–water partition coefficient (Wildman–Crippen LogP) is 4.82. The Balaban J connectivity index is 1.62. The zero-order valence-electron chi connectivity index (χ0n) is 20.0. The van der Waals surface area contributed by atoms with Crippen molar-refractivity contribution in [3.8, 4) is 34.0 Å². The first-order valence-corrected chi connectivity index (χ1v) is 11.1. The lowest BCUT2D eigenvalue weighted by Gasteiger charge is -2.15. The van der Waals surface area contributed by atoms with E-state index in [1.807, 2.05) is 43.3 Å². The van der Waals surface area contributed by atoms with E-state index >= 15 is 0 Å². The fraction of sp³-hybridized carbons (Fsp3) is 0.185. The molecule has 1 N–H and O–H groups in total. The molecule has 3 aromatic carbocycles. The smallest absolute Gasteiger partial charge is 0.323 e. The maximum absolute atomic E-state index is 14.7. The van der Waals surface area contributed by atoms with Crippen molar-refractivity contribution in [1.82, 2.24) is 15.0 Å². The lowest BCUT2D eigenvalue weighted by Crippen LogP contribution is -2.32. The third-order valence-corrected chi connectivity index (χ3v) is 5.69. The van der Waals surface area contributed by atoms with E-state index in [-0.39, 0.29) is 17.3 Å². The van der Waals surface area contributed by atoms with Crippen LogP contribution in [-0.4, -0.2) is 52.7 Å². The van der Waals surface area contributed by atoms with Crippen LogP contribution < -0.4 is 0 Å². The Morgan fingerprint density at radius 1 is 1.06 bits per heavy atom. The Morgan fingerprint density at radius 3 is 2.50 bits per heavy atom. The average molecular weight is 490 g/mol. The van der Waals surface area contributed by atoms with Crippen molar-refractivity contribution in [2.75, 3.05) is 20.7 Å². The van der Waals surface area contributed by atoms with E-state index in [1.165, 1.54) is 19.2 Å². The van der Waals surface area contributed by atoms with Gasteiger partial charge in [0.25, 0.3) is 11.8 Å². The zero-order chi connectivity index (χ0) is 25.8. The second kappa shape index (κ2) is 10.5. The number of rotatable bonds is 8. The third-order valence-electron chi connectivity index (χ3n) is 5.69. The topological polar surface area (TPSA) is 106 Å². The van der Waals surface area contributed by atoms with Gasteiger partial charge in [-0.05, 0) is 53.4 Å². The summed E-state index contributed by atoms with van der Waals surface area (Å²) in [7, 11) is 2.92. The van der Waals surface area contributed by atoms with Crippen LogP contribution in [0.25, 0.3) is 34.0 Å². The lowest BCUT2D eigenvalue weighted by atomic mass is 9.94. The fourth-order valence-electron chi connectivity index (χ4n) is 3.91. The van der Waals surface area contributed by atoms with E-state index in [9.17, 15) is 14.0 Å². The van der Waals surface area contributed by atoms with Gasteiger partial charge in [-0.15, -0.1) is 0 Å². The molecule has 0 atom stereocenters. The number of methoxy groups -OCH3 is 1. The summed E-state index contributed by atoms with van der Waals surface area (Å²) >= 11 is 0.